The molecule has 206 valence electrons. The van der Waals surface area contributed by atoms with Gasteiger partial charge in [0, 0.05) is 56.1 Å². The number of piperazine rings is 1. The van der Waals surface area contributed by atoms with E-state index in [2.05, 4.69) is 33.2 Å². The first kappa shape index (κ1) is 27.1. The Balaban J connectivity index is 1.36. The highest BCUT2D eigenvalue weighted by Crippen LogP contribution is 2.38. The fourth-order valence-electron chi connectivity index (χ4n) is 4.63. The number of methoxy groups -OCH3 is 2. The summed E-state index contributed by atoms with van der Waals surface area (Å²) in [6.45, 7) is 5.55. The number of nitrogens with zero attached hydrogens (tertiary/aromatic N) is 4. The van der Waals surface area contributed by atoms with Gasteiger partial charge in [0.15, 0.2) is 23.0 Å². The molecule has 0 spiro atoms. The van der Waals surface area contributed by atoms with E-state index in [9.17, 15) is 5.26 Å². The summed E-state index contributed by atoms with van der Waals surface area (Å²) in [6, 6.07) is 21.0. The molecule has 0 bridgehead atoms. The van der Waals surface area contributed by atoms with Gasteiger partial charge in [-0.1, -0.05) is 12.1 Å². The van der Waals surface area contributed by atoms with Crippen molar-refractivity contribution >= 4 is 22.3 Å². The van der Waals surface area contributed by atoms with Crippen molar-refractivity contribution in [2.75, 3.05) is 65.9 Å². The summed E-state index contributed by atoms with van der Waals surface area (Å²) in [7, 11) is 5.37. The standard InChI is InChI=1S/C31H33N5O4/c1-35-12-14-36(15-13-35)16-17-39-30-18-25-26(19-29(30)38-3)33-21-22(20-32)31(25)34-23-8-10-24(11-9-23)40-28-7-5-4-6-27(28)37-2/h4-11,18-19,21H,12-17H2,1-3H3,(H,33,34). The Kier molecular flexibility index (Phi) is 8.50. The highest BCUT2D eigenvalue weighted by Gasteiger charge is 2.17. The van der Waals surface area contributed by atoms with Crippen molar-refractivity contribution < 1.29 is 18.9 Å². The van der Waals surface area contributed by atoms with Crippen molar-refractivity contribution in [3.8, 4) is 34.8 Å². The number of benzene rings is 3. The van der Waals surface area contributed by atoms with Crippen LogP contribution in [-0.4, -0.2) is 75.4 Å². The van der Waals surface area contributed by atoms with Gasteiger partial charge in [0.2, 0.25) is 0 Å². The fraction of sp³-hybridized carbons (Fsp3) is 0.290. The summed E-state index contributed by atoms with van der Waals surface area (Å²) >= 11 is 0. The van der Waals surface area contributed by atoms with Gasteiger partial charge in [-0.15, -0.1) is 0 Å². The second-order valence-electron chi connectivity index (χ2n) is 9.57. The molecule has 1 aromatic heterocycles. The van der Waals surface area contributed by atoms with E-state index < -0.39 is 0 Å². The Morgan fingerprint density at radius 2 is 1.62 bits per heavy atom. The number of nitrogens with one attached hydrogen (secondary N) is 1. The van der Waals surface area contributed by atoms with E-state index >= 15 is 0 Å². The highest BCUT2D eigenvalue weighted by atomic mass is 16.5. The molecule has 40 heavy (non-hydrogen) atoms. The van der Waals surface area contributed by atoms with Crippen molar-refractivity contribution in [2.45, 2.75) is 0 Å². The molecular weight excluding hydrogens is 506 g/mol. The number of nitriles is 1. The molecule has 9 nitrogen and oxygen atoms in total. The maximum absolute atomic E-state index is 9.86. The SMILES string of the molecule is COc1cc2ncc(C#N)c(Nc3ccc(Oc4ccccc4OC)cc3)c2cc1OCCN1CCN(C)CC1. The molecule has 3 aromatic carbocycles. The number of hydrogen-bond donors (Lipinski definition) is 1. The predicted octanol–water partition coefficient (Wildman–Crippen LogP) is 5.29. The number of aromatic nitrogens is 1. The van der Waals surface area contributed by atoms with Gasteiger partial charge in [-0.3, -0.25) is 9.88 Å². The molecular formula is C31H33N5O4. The van der Waals surface area contributed by atoms with Crippen LogP contribution in [0.3, 0.4) is 0 Å². The van der Waals surface area contributed by atoms with Gasteiger partial charge in [-0.2, -0.15) is 5.26 Å². The van der Waals surface area contributed by atoms with Crippen LogP contribution in [0.15, 0.2) is 66.9 Å². The quantitative estimate of drug-likeness (QED) is 0.289. The van der Waals surface area contributed by atoms with Gasteiger partial charge >= 0.3 is 0 Å². The molecule has 0 unspecified atom stereocenters. The average Bonchev–Trinajstić information content (AvgIpc) is 2.99. The zero-order valence-corrected chi connectivity index (χ0v) is 23.0. The summed E-state index contributed by atoms with van der Waals surface area (Å²) in [4.78, 5) is 9.23. The normalized spacial score (nSPS) is 13.9. The number of ether oxygens (including phenoxy) is 4. The maximum Gasteiger partial charge on any atom is 0.169 e. The van der Waals surface area contributed by atoms with Crippen LogP contribution in [0.25, 0.3) is 10.9 Å². The van der Waals surface area contributed by atoms with Crippen LogP contribution in [0.1, 0.15) is 5.56 Å². The van der Waals surface area contributed by atoms with Gasteiger partial charge in [-0.05, 0) is 49.5 Å². The van der Waals surface area contributed by atoms with E-state index in [-0.39, 0.29) is 0 Å². The molecule has 5 rings (SSSR count). The van der Waals surface area contributed by atoms with E-state index in [1.165, 1.54) is 0 Å². The summed E-state index contributed by atoms with van der Waals surface area (Å²) in [5, 5.41) is 14.0. The minimum Gasteiger partial charge on any atom is -0.493 e. The van der Waals surface area contributed by atoms with Crippen LogP contribution < -0.4 is 24.3 Å². The Morgan fingerprint density at radius 1 is 0.900 bits per heavy atom. The molecule has 0 saturated carbocycles. The lowest BCUT2D eigenvalue weighted by atomic mass is 10.1. The van der Waals surface area contributed by atoms with Crippen LogP contribution in [0.5, 0.6) is 28.7 Å². The third-order valence-electron chi connectivity index (χ3n) is 6.96. The van der Waals surface area contributed by atoms with Gasteiger partial charge in [0.25, 0.3) is 0 Å². The summed E-state index contributed by atoms with van der Waals surface area (Å²) in [5.74, 6) is 3.17. The van der Waals surface area contributed by atoms with Crippen LogP contribution in [0.4, 0.5) is 11.4 Å². The average molecular weight is 540 g/mol. The van der Waals surface area contributed by atoms with E-state index in [1.54, 1.807) is 20.4 Å². The fourth-order valence-corrected chi connectivity index (χ4v) is 4.63. The van der Waals surface area contributed by atoms with Crippen molar-refractivity contribution in [1.29, 1.82) is 5.26 Å². The number of anilines is 2. The molecule has 0 atom stereocenters. The Bertz CT molecular complexity index is 1490. The Morgan fingerprint density at radius 3 is 2.33 bits per heavy atom. The molecule has 1 N–H and O–H groups in total. The largest absolute Gasteiger partial charge is 0.493 e. The van der Waals surface area contributed by atoms with Crippen molar-refractivity contribution in [2.24, 2.45) is 0 Å². The number of pyridine rings is 1. The highest BCUT2D eigenvalue weighted by molar-refractivity contribution is 5.97. The lowest BCUT2D eigenvalue weighted by Gasteiger charge is -2.32. The third kappa shape index (κ3) is 6.20. The summed E-state index contributed by atoms with van der Waals surface area (Å²) in [6.07, 6.45) is 1.57. The number of para-hydroxylation sites is 2. The smallest absolute Gasteiger partial charge is 0.169 e. The first-order valence-corrected chi connectivity index (χ1v) is 13.2. The lowest BCUT2D eigenvalue weighted by Crippen LogP contribution is -2.45. The van der Waals surface area contributed by atoms with Gasteiger partial charge in [0.05, 0.1) is 31.0 Å². The van der Waals surface area contributed by atoms with Gasteiger partial charge < -0.3 is 29.2 Å². The third-order valence-corrected chi connectivity index (χ3v) is 6.96. The zero-order valence-electron chi connectivity index (χ0n) is 23.0. The maximum atomic E-state index is 9.86. The molecule has 2 heterocycles. The van der Waals surface area contributed by atoms with E-state index in [0.717, 1.165) is 43.8 Å². The minimum absolute atomic E-state index is 0.426. The summed E-state index contributed by atoms with van der Waals surface area (Å²) < 4.78 is 23.2. The topological polar surface area (TPSA) is 92.1 Å². The van der Waals surface area contributed by atoms with Crippen LogP contribution >= 0.6 is 0 Å². The molecule has 1 aliphatic rings. The Hall–Kier alpha value is -4.52. The monoisotopic (exact) mass is 539 g/mol. The first-order chi connectivity index (χ1) is 19.6. The second-order valence-corrected chi connectivity index (χ2v) is 9.57. The Labute approximate surface area is 234 Å². The van der Waals surface area contributed by atoms with E-state index in [1.807, 2.05) is 60.7 Å². The van der Waals surface area contributed by atoms with Crippen molar-refractivity contribution in [3.05, 3.63) is 72.4 Å². The van der Waals surface area contributed by atoms with Crippen LogP contribution in [0.2, 0.25) is 0 Å². The van der Waals surface area contributed by atoms with Crippen LogP contribution in [0, 0.1) is 11.3 Å². The first-order valence-electron chi connectivity index (χ1n) is 13.2. The van der Waals surface area contributed by atoms with Crippen molar-refractivity contribution in [1.82, 2.24) is 14.8 Å². The van der Waals surface area contributed by atoms with Crippen molar-refractivity contribution in [3.63, 3.8) is 0 Å². The molecule has 1 fully saturated rings. The molecule has 0 amide bonds. The number of rotatable bonds is 10. The molecule has 1 aliphatic heterocycles. The lowest BCUT2D eigenvalue weighted by molar-refractivity contribution is 0.133. The number of fused-ring (bicyclic) bond motifs is 1. The zero-order chi connectivity index (χ0) is 27.9. The molecule has 0 aliphatic carbocycles. The molecule has 4 aromatic rings. The minimum atomic E-state index is 0.426. The second kappa shape index (κ2) is 12.6. The molecule has 0 radical (unpaired) electrons. The van der Waals surface area contributed by atoms with Gasteiger partial charge in [-0.25, -0.2) is 0 Å². The molecule has 9 heteroatoms. The summed E-state index contributed by atoms with van der Waals surface area (Å²) in [5.41, 5.74) is 2.57. The number of hydrogen-bond acceptors (Lipinski definition) is 9. The van der Waals surface area contributed by atoms with Crippen LogP contribution in [-0.2, 0) is 0 Å². The predicted molar refractivity (Wildman–Crippen MR) is 155 cm³/mol. The molecule has 1 saturated heterocycles. The van der Waals surface area contributed by atoms with Gasteiger partial charge in [0.1, 0.15) is 18.4 Å². The van der Waals surface area contributed by atoms with E-state index in [4.69, 9.17) is 18.9 Å². The number of likely N-dealkylation sites (N-methyl/N-ethyl adjacent to an activating group) is 1. The van der Waals surface area contributed by atoms with E-state index in [0.29, 0.717) is 52.1 Å².